The molecule has 0 bridgehead atoms. The van der Waals surface area contributed by atoms with Crippen LogP contribution < -0.4 is 0 Å². The maximum absolute atomic E-state index is 16.8. The molecule has 12 aromatic rings. The molecule has 0 aliphatic carbocycles. The fourth-order valence-electron chi connectivity index (χ4n) is 9.21. The molecular formula is C50H26F3N3O2. The summed E-state index contributed by atoms with van der Waals surface area (Å²) < 4.78 is 66.9. The number of hydrogen-bond acceptors (Lipinski definition) is 3. The zero-order chi connectivity index (χ0) is 38.9. The number of nitrogens with zero attached hydrogens (tertiary/aromatic N) is 3. The molecule has 8 aromatic carbocycles. The number of aromatic nitrogens is 2. The Balaban J connectivity index is 1.33. The third kappa shape index (κ3) is 4.35. The predicted octanol–water partition coefficient (Wildman–Crippen LogP) is 14.2. The topological polar surface area (TPSA) is 59.9 Å². The second kappa shape index (κ2) is 11.6. The normalized spacial score (nSPS) is 12.4. The molecule has 0 N–H and O–H groups in total. The Kier molecular flexibility index (Phi) is 6.52. The van der Waals surface area contributed by atoms with Crippen LogP contribution in [-0.4, -0.2) is 9.13 Å². The van der Waals surface area contributed by atoms with Gasteiger partial charge in [-0.2, -0.15) is 18.4 Å². The Bertz CT molecular complexity index is 3760. The first-order chi connectivity index (χ1) is 28.4. The van der Waals surface area contributed by atoms with Crippen LogP contribution in [0.5, 0.6) is 0 Å². The molecule has 0 amide bonds. The van der Waals surface area contributed by atoms with Gasteiger partial charge in [-0.25, -0.2) is 0 Å². The van der Waals surface area contributed by atoms with Gasteiger partial charge >= 0.3 is 6.18 Å². The van der Waals surface area contributed by atoms with Crippen molar-refractivity contribution in [3.63, 3.8) is 0 Å². The van der Waals surface area contributed by atoms with Crippen LogP contribution in [0.25, 0.3) is 110 Å². The summed E-state index contributed by atoms with van der Waals surface area (Å²) in [6.45, 7) is 0. The lowest BCUT2D eigenvalue weighted by atomic mass is 9.96. The van der Waals surface area contributed by atoms with Crippen molar-refractivity contribution in [2.75, 3.05) is 0 Å². The minimum absolute atomic E-state index is 0.0652. The van der Waals surface area contributed by atoms with Crippen molar-refractivity contribution in [2.24, 2.45) is 0 Å². The van der Waals surface area contributed by atoms with Gasteiger partial charge < -0.3 is 18.0 Å². The fraction of sp³-hybridized carbons (Fsp3) is 0.0200. The Hall–Kier alpha value is -7.76. The van der Waals surface area contributed by atoms with Crippen molar-refractivity contribution in [3.05, 3.63) is 169 Å². The number of furan rings is 2. The second-order valence-electron chi connectivity index (χ2n) is 14.6. The average Bonchev–Trinajstić information content (AvgIpc) is 4.00. The van der Waals surface area contributed by atoms with E-state index in [1.807, 2.05) is 121 Å². The Morgan fingerprint density at radius 3 is 1.59 bits per heavy atom. The molecule has 0 radical (unpaired) electrons. The summed E-state index contributed by atoms with van der Waals surface area (Å²) >= 11 is 0. The van der Waals surface area contributed by atoms with Crippen molar-refractivity contribution in [1.82, 2.24) is 9.13 Å². The van der Waals surface area contributed by atoms with E-state index in [1.165, 1.54) is 0 Å². The summed E-state index contributed by atoms with van der Waals surface area (Å²) in [5, 5.41) is 16.4. The standard InChI is InChI=1S/C50H26F3N3O2/c51-50(52,53)44-41(55-39-16-5-1-12-31(39)35-20-22-37-33-14-3-7-18-42(33)57-48(37)46(35)55)25-24-30(29-11-9-10-28(26-29)27-54)45(44)56-40-17-6-2-13-32(40)36-21-23-38-34-15-4-8-19-43(34)58-49(38)47(36)56/h1-26H. The Morgan fingerprint density at radius 1 is 0.483 bits per heavy atom. The van der Waals surface area contributed by atoms with Crippen LogP contribution in [0.4, 0.5) is 13.2 Å². The lowest BCUT2D eigenvalue weighted by molar-refractivity contribution is -0.137. The summed E-state index contributed by atoms with van der Waals surface area (Å²) in [4.78, 5) is 0. The number of para-hydroxylation sites is 4. The van der Waals surface area contributed by atoms with Crippen molar-refractivity contribution < 1.29 is 22.0 Å². The van der Waals surface area contributed by atoms with E-state index in [-0.39, 0.29) is 11.4 Å². The first-order valence-corrected chi connectivity index (χ1v) is 18.8. The highest BCUT2D eigenvalue weighted by Crippen LogP contribution is 2.50. The van der Waals surface area contributed by atoms with Gasteiger partial charge in [0.2, 0.25) is 0 Å². The van der Waals surface area contributed by atoms with E-state index in [0.717, 1.165) is 43.1 Å². The zero-order valence-corrected chi connectivity index (χ0v) is 30.3. The van der Waals surface area contributed by atoms with Gasteiger partial charge in [0.15, 0.2) is 11.2 Å². The molecule has 0 saturated heterocycles. The number of fused-ring (bicyclic) bond motifs is 14. The molecule has 0 spiro atoms. The van der Waals surface area contributed by atoms with Gasteiger partial charge in [0.1, 0.15) is 16.7 Å². The highest BCUT2D eigenvalue weighted by Gasteiger charge is 2.41. The summed E-state index contributed by atoms with van der Waals surface area (Å²) in [5.74, 6) is 0. The summed E-state index contributed by atoms with van der Waals surface area (Å²) in [7, 11) is 0. The van der Waals surface area contributed by atoms with E-state index in [2.05, 4.69) is 6.07 Å². The molecule has 58 heavy (non-hydrogen) atoms. The maximum Gasteiger partial charge on any atom is 0.420 e. The van der Waals surface area contributed by atoms with Crippen LogP contribution in [0.2, 0.25) is 0 Å². The highest BCUT2D eigenvalue weighted by molar-refractivity contribution is 6.23. The van der Waals surface area contributed by atoms with E-state index in [0.29, 0.717) is 61.1 Å². The minimum atomic E-state index is -4.90. The molecule has 0 atom stereocenters. The molecule has 8 heteroatoms. The summed E-state index contributed by atoms with van der Waals surface area (Å²) in [6.07, 6.45) is -4.90. The van der Waals surface area contributed by atoms with E-state index in [1.54, 1.807) is 45.5 Å². The largest absolute Gasteiger partial charge is 0.454 e. The van der Waals surface area contributed by atoms with Crippen molar-refractivity contribution in [1.29, 1.82) is 5.26 Å². The van der Waals surface area contributed by atoms with Crippen molar-refractivity contribution in [3.8, 4) is 28.6 Å². The smallest absolute Gasteiger partial charge is 0.420 e. The molecule has 0 unspecified atom stereocenters. The molecule has 0 aliphatic heterocycles. The molecule has 5 nitrogen and oxygen atoms in total. The first kappa shape index (κ1) is 32.5. The molecule has 0 fully saturated rings. The van der Waals surface area contributed by atoms with E-state index in [9.17, 15) is 5.26 Å². The predicted molar refractivity (Wildman–Crippen MR) is 225 cm³/mol. The number of halogens is 3. The zero-order valence-electron chi connectivity index (χ0n) is 30.3. The molecule has 0 saturated carbocycles. The average molecular weight is 758 g/mol. The SMILES string of the molecule is N#Cc1cccc(-c2ccc(-n3c4ccccc4c4ccc5c6ccccc6oc5c43)c(C(F)(F)F)c2-n2c3ccccc3c3ccc4c5ccccc5oc4c32)c1. The number of nitriles is 1. The van der Waals surface area contributed by atoms with Crippen LogP contribution >= 0.6 is 0 Å². The molecule has 4 aromatic heterocycles. The lowest BCUT2D eigenvalue weighted by Crippen LogP contribution is -2.17. The molecule has 0 aliphatic rings. The van der Waals surface area contributed by atoms with Gasteiger partial charge in [-0.15, -0.1) is 0 Å². The molecule has 4 heterocycles. The third-order valence-electron chi connectivity index (χ3n) is 11.6. The number of hydrogen-bond donors (Lipinski definition) is 0. The van der Waals surface area contributed by atoms with Gasteiger partial charge in [-0.3, -0.25) is 0 Å². The van der Waals surface area contributed by atoms with Gasteiger partial charge in [0.25, 0.3) is 0 Å². The van der Waals surface area contributed by atoms with Crippen LogP contribution in [0, 0.1) is 11.3 Å². The monoisotopic (exact) mass is 757 g/mol. The fourth-order valence-corrected chi connectivity index (χ4v) is 9.21. The van der Waals surface area contributed by atoms with Gasteiger partial charge in [-0.1, -0.05) is 103 Å². The first-order valence-electron chi connectivity index (χ1n) is 18.8. The Morgan fingerprint density at radius 2 is 1.00 bits per heavy atom. The molecular weight excluding hydrogens is 732 g/mol. The Labute approximate surface area is 326 Å². The van der Waals surface area contributed by atoms with Crippen molar-refractivity contribution >= 4 is 87.5 Å². The van der Waals surface area contributed by atoms with Crippen LogP contribution in [0.1, 0.15) is 11.1 Å². The van der Waals surface area contributed by atoms with Crippen LogP contribution in [-0.2, 0) is 6.18 Å². The minimum Gasteiger partial charge on any atom is -0.454 e. The van der Waals surface area contributed by atoms with Crippen molar-refractivity contribution in [2.45, 2.75) is 6.18 Å². The van der Waals surface area contributed by atoms with Crippen LogP contribution in [0.15, 0.2) is 167 Å². The lowest BCUT2D eigenvalue weighted by Gasteiger charge is -2.24. The van der Waals surface area contributed by atoms with E-state index in [4.69, 9.17) is 8.83 Å². The number of benzene rings is 8. The van der Waals surface area contributed by atoms with Gasteiger partial charge in [0.05, 0.1) is 45.1 Å². The van der Waals surface area contributed by atoms with E-state index >= 15 is 13.2 Å². The number of rotatable bonds is 3. The number of alkyl halides is 3. The molecule has 274 valence electrons. The summed E-state index contributed by atoms with van der Waals surface area (Å²) in [6, 6.07) is 50.5. The quantitative estimate of drug-likeness (QED) is 0.180. The van der Waals surface area contributed by atoms with E-state index < -0.39 is 11.7 Å². The second-order valence-corrected chi connectivity index (χ2v) is 14.6. The molecule has 12 rings (SSSR count). The van der Waals surface area contributed by atoms with Gasteiger partial charge in [0, 0.05) is 48.7 Å². The highest BCUT2D eigenvalue weighted by atomic mass is 19.4. The third-order valence-corrected chi connectivity index (χ3v) is 11.6. The maximum atomic E-state index is 16.8. The summed E-state index contributed by atoms with van der Waals surface area (Å²) in [5.41, 5.74) is 4.58. The van der Waals surface area contributed by atoms with Gasteiger partial charge in [-0.05, 0) is 60.2 Å². The van der Waals surface area contributed by atoms with Crippen LogP contribution in [0.3, 0.4) is 0 Å².